The van der Waals surface area contributed by atoms with E-state index >= 15 is 0 Å². The monoisotopic (exact) mass is 344 g/mol. The van der Waals surface area contributed by atoms with Crippen molar-refractivity contribution < 1.29 is 19.9 Å². The number of hydrogen-bond acceptors (Lipinski definition) is 4. The Kier molecular flexibility index (Phi) is 5.50. The minimum absolute atomic E-state index is 0.0659. The molecule has 2 aliphatic rings. The highest BCUT2D eigenvalue weighted by Crippen LogP contribution is 2.33. The van der Waals surface area contributed by atoms with Crippen LogP contribution in [0.15, 0.2) is 36.4 Å². The normalized spacial score (nSPS) is 26.7. The van der Waals surface area contributed by atoms with Crippen molar-refractivity contribution in [2.45, 2.75) is 31.8 Å². The number of rotatable bonds is 3. The molecule has 1 aromatic carbocycles. The van der Waals surface area contributed by atoms with Crippen molar-refractivity contribution in [2.24, 2.45) is 11.8 Å². The standard InChI is InChI=1S/C19H24N2O4/c22-15-6-7-16(17(12-15)18(23)20-25)19(24)21-10-8-14(9-11-21)13-4-2-1-3-5-13/h1-5,8,15-17,22,25H,6-7,9-12H2,(H,20,23)/t15?,16?,17-/m0/s1. The summed E-state index contributed by atoms with van der Waals surface area (Å²) in [5.41, 5.74) is 4.04. The van der Waals surface area contributed by atoms with Gasteiger partial charge in [0.25, 0.3) is 0 Å². The lowest BCUT2D eigenvalue weighted by Crippen LogP contribution is -2.48. The van der Waals surface area contributed by atoms with Gasteiger partial charge in [0.2, 0.25) is 11.8 Å². The van der Waals surface area contributed by atoms with E-state index in [4.69, 9.17) is 5.21 Å². The summed E-state index contributed by atoms with van der Waals surface area (Å²) >= 11 is 0. The summed E-state index contributed by atoms with van der Waals surface area (Å²) in [5.74, 6) is -1.82. The molecule has 25 heavy (non-hydrogen) atoms. The maximum atomic E-state index is 12.9. The Bertz CT molecular complexity index is 659. The number of hydroxylamine groups is 1. The molecular weight excluding hydrogens is 320 g/mol. The Labute approximate surface area is 147 Å². The first kappa shape index (κ1) is 17.6. The maximum Gasteiger partial charge on any atom is 0.247 e. The Morgan fingerprint density at radius 2 is 1.88 bits per heavy atom. The number of carbonyl (C=O) groups excluding carboxylic acids is 2. The highest BCUT2D eigenvalue weighted by molar-refractivity contribution is 5.88. The van der Waals surface area contributed by atoms with Crippen LogP contribution in [0.4, 0.5) is 0 Å². The van der Waals surface area contributed by atoms with Crippen LogP contribution in [-0.2, 0) is 9.59 Å². The first-order valence-corrected chi connectivity index (χ1v) is 8.75. The fraction of sp³-hybridized carbons (Fsp3) is 0.474. The van der Waals surface area contributed by atoms with Crippen molar-refractivity contribution >= 4 is 17.4 Å². The summed E-state index contributed by atoms with van der Waals surface area (Å²) in [7, 11) is 0. The first-order valence-electron chi connectivity index (χ1n) is 8.75. The van der Waals surface area contributed by atoms with Gasteiger partial charge in [0.05, 0.1) is 12.0 Å². The van der Waals surface area contributed by atoms with Gasteiger partial charge in [-0.1, -0.05) is 36.4 Å². The molecule has 0 bridgehead atoms. The third kappa shape index (κ3) is 3.91. The van der Waals surface area contributed by atoms with E-state index in [1.54, 1.807) is 10.4 Å². The number of benzene rings is 1. The molecule has 3 rings (SSSR count). The summed E-state index contributed by atoms with van der Waals surface area (Å²) in [6.45, 7) is 1.14. The van der Waals surface area contributed by atoms with Crippen molar-refractivity contribution in [2.75, 3.05) is 13.1 Å². The van der Waals surface area contributed by atoms with Crippen LogP contribution in [0.3, 0.4) is 0 Å². The Morgan fingerprint density at radius 3 is 2.52 bits per heavy atom. The molecule has 1 fully saturated rings. The van der Waals surface area contributed by atoms with Gasteiger partial charge < -0.3 is 10.0 Å². The van der Waals surface area contributed by atoms with Crippen LogP contribution in [0.5, 0.6) is 0 Å². The van der Waals surface area contributed by atoms with E-state index in [9.17, 15) is 14.7 Å². The molecule has 2 amide bonds. The van der Waals surface area contributed by atoms with Crippen LogP contribution in [0.2, 0.25) is 0 Å². The lowest BCUT2D eigenvalue weighted by atomic mass is 9.76. The number of nitrogens with one attached hydrogen (secondary N) is 1. The average Bonchev–Trinajstić information content (AvgIpc) is 2.67. The highest BCUT2D eigenvalue weighted by atomic mass is 16.5. The van der Waals surface area contributed by atoms with Crippen molar-refractivity contribution in [1.29, 1.82) is 0 Å². The van der Waals surface area contributed by atoms with Gasteiger partial charge >= 0.3 is 0 Å². The number of aliphatic hydroxyl groups excluding tert-OH is 1. The van der Waals surface area contributed by atoms with Gasteiger partial charge in [0, 0.05) is 19.0 Å². The van der Waals surface area contributed by atoms with E-state index < -0.39 is 23.8 Å². The maximum absolute atomic E-state index is 12.9. The summed E-state index contributed by atoms with van der Waals surface area (Å²) < 4.78 is 0. The molecule has 1 aromatic rings. The topological polar surface area (TPSA) is 89.9 Å². The fourth-order valence-corrected chi connectivity index (χ4v) is 3.83. The number of nitrogens with zero attached hydrogens (tertiary/aromatic N) is 1. The summed E-state index contributed by atoms with van der Waals surface area (Å²) in [4.78, 5) is 26.5. The van der Waals surface area contributed by atoms with E-state index in [1.807, 2.05) is 18.2 Å². The van der Waals surface area contributed by atoms with Crippen LogP contribution >= 0.6 is 0 Å². The molecule has 0 radical (unpaired) electrons. The predicted molar refractivity (Wildman–Crippen MR) is 92.4 cm³/mol. The van der Waals surface area contributed by atoms with Crippen molar-refractivity contribution in [1.82, 2.24) is 10.4 Å². The molecule has 1 aliphatic carbocycles. The fourth-order valence-electron chi connectivity index (χ4n) is 3.83. The van der Waals surface area contributed by atoms with Gasteiger partial charge in [-0.15, -0.1) is 0 Å². The van der Waals surface area contributed by atoms with E-state index in [0.717, 1.165) is 6.42 Å². The smallest absolute Gasteiger partial charge is 0.247 e. The van der Waals surface area contributed by atoms with Crippen molar-refractivity contribution in [3.05, 3.63) is 42.0 Å². The molecule has 3 N–H and O–H groups in total. The second-order valence-electron chi connectivity index (χ2n) is 6.79. The number of hydrogen-bond donors (Lipinski definition) is 3. The second-order valence-corrected chi connectivity index (χ2v) is 6.79. The molecule has 2 unspecified atom stereocenters. The van der Waals surface area contributed by atoms with Crippen LogP contribution in [0, 0.1) is 11.8 Å². The zero-order valence-electron chi connectivity index (χ0n) is 14.1. The largest absolute Gasteiger partial charge is 0.393 e. The molecule has 6 nitrogen and oxygen atoms in total. The molecular formula is C19H24N2O4. The Balaban J connectivity index is 1.69. The van der Waals surface area contributed by atoms with Crippen molar-refractivity contribution in [3.8, 4) is 0 Å². The van der Waals surface area contributed by atoms with E-state index in [2.05, 4.69) is 18.2 Å². The highest BCUT2D eigenvalue weighted by Gasteiger charge is 2.40. The first-order chi connectivity index (χ1) is 12.1. The van der Waals surface area contributed by atoms with E-state index in [-0.39, 0.29) is 12.3 Å². The summed E-state index contributed by atoms with van der Waals surface area (Å²) in [6.07, 6.45) is 3.42. The number of aliphatic hydroxyl groups is 1. The molecule has 0 saturated heterocycles. The SMILES string of the molecule is O=C(NO)[C@H]1CC(O)CCC1C(=O)N1CC=C(c2ccccc2)CC1. The number of carbonyl (C=O) groups is 2. The average molecular weight is 344 g/mol. The van der Waals surface area contributed by atoms with Gasteiger partial charge in [0.1, 0.15) is 0 Å². The second kappa shape index (κ2) is 7.80. The molecule has 1 saturated carbocycles. The lowest BCUT2D eigenvalue weighted by molar-refractivity contribution is -0.148. The number of amides is 2. The van der Waals surface area contributed by atoms with Gasteiger partial charge in [-0.05, 0) is 36.8 Å². The van der Waals surface area contributed by atoms with Crippen molar-refractivity contribution in [3.63, 3.8) is 0 Å². The molecule has 1 aliphatic heterocycles. The minimum atomic E-state index is -0.680. The summed E-state index contributed by atoms with van der Waals surface area (Å²) in [5, 5.41) is 18.7. The van der Waals surface area contributed by atoms with Gasteiger partial charge in [-0.3, -0.25) is 14.8 Å². The zero-order valence-corrected chi connectivity index (χ0v) is 14.1. The van der Waals surface area contributed by atoms with E-state index in [1.165, 1.54) is 11.1 Å². The predicted octanol–water partition coefficient (Wildman–Crippen LogP) is 1.58. The molecule has 6 heteroatoms. The Morgan fingerprint density at radius 1 is 1.12 bits per heavy atom. The Hall–Kier alpha value is -2.18. The third-order valence-electron chi connectivity index (χ3n) is 5.25. The minimum Gasteiger partial charge on any atom is -0.393 e. The van der Waals surface area contributed by atoms with Crippen LogP contribution < -0.4 is 5.48 Å². The molecule has 134 valence electrons. The van der Waals surface area contributed by atoms with Gasteiger partial charge in [-0.25, -0.2) is 5.48 Å². The third-order valence-corrected chi connectivity index (χ3v) is 5.25. The zero-order chi connectivity index (χ0) is 17.8. The summed E-state index contributed by atoms with van der Waals surface area (Å²) in [6, 6.07) is 10.1. The van der Waals surface area contributed by atoms with E-state index in [0.29, 0.717) is 25.9 Å². The van der Waals surface area contributed by atoms with Crippen LogP contribution in [0.25, 0.3) is 5.57 Å². The molecule has 1 heterocycles. The van der Waals surface area contributed by atoms with Crippen LogP contribution in [0.1, 0.15) is 31.2 Å². The quantitative estimate of drug-likeness (QED) is 0.574. The molecule has 3 atom stereocenters. The van der Waals surface area contributed by atoms with Gasteiger partial charge in [-0.2, -0.15) is 0 Å². The van der Waals surface area contributed by atoms with Crippen LogP contribution in [-0.4, -0.2) is 46.2 Å². The lowest BCUT2D eigenvalue weighted by Gasteiger charge is -2.36. The molecule has 0 aromatic heterocycles. The van der Waals surface area contributed by atoms with Gasteiger partial charge in [0.15, 0.2) is 0 Å². The molecule has 0 spiro atoms.